The van der Waals surface area contributed by atoms with E-state index in [1.807, 2.05) is 6.92 Å². The van der Waals surface area contributed by atoms with Crippen molar-refractivity contribution in [1.82, 2.24) is 0 Å². The highest BCUT2D eigenvalue weighted by atomic mass is 16.9. The number of ether oxygens (including phenoxy) is 3. The third-order valence-corrected chi connectivity index (χ3v) is 1.32. The first-order valence-electron chi connectivity index (χ1n) is 4.07. The molecule has 0 fully saturated rings. The van der Waals surface area contributed by atoms with Gasteiger partial charge in [-0.15, -0.1) is 0 Å². The minimum atomic E-state index is -1.73. The van der Waals surface area contributed by atoms with E-state index in [0.29, 0.717) is 6.42 Å². The van der Waals surface area contributed by atoms with Crippen LogP contribution in [0.1, 0.15) is 19.8 Å². The first-order valence-corrected chi connectivity index (χ1v) is 4.07. The molecule has 0 aliphatic heterocycles. The lowest BCUT2D eigenvalue weighted by Crippen LogP contribution is -2.42. The highest BCUT2D eigenvalue weighted by Crippen LogP contribution is 2.22. The number of carboxylic acid groups (broad SMARTS) is 1. The van der Waals surface area contributed by atoms with Gasteiger partial charge < -0.3 is 24.1 Å². The van der Waals surface area contributed by atoms with Crippen LogP contribution in [0.25, 0.3) is 0 Å². The second kappa shape index (κ2) is 5.90. The summed E-state index contributed by atoms with van der Waals surface area (Å²) < 4.78 is 14.1. The second-order valence-corrected chi connectivity index (χ2v) is 2.35. The minimum absolute atomic E-state index is 0.207. The number of carbonyl (C=O) groups excluding carboxylic acids is 1. The van der Waals surface area contributed by atoms with E-state index in [2.05, 4.69) is 17.9 Å². The molecular weight excluding hydrogens is 188 g/mol. The molecule has 0 aromatic rings. The molecule has 0 spiro atoms. The number of carbonyl (C=O) groups is 1. The number of rotatable bonds is 7. The molecule has 0 aromatic carbocycles. The Morgan fingerprint density at radius 3 is 2.21 bits per heavy atom. The molecule has 0 amide bonds. The molecular formula is C9H13O5-. The zero-order valence-corrected chi connectivity index (χ0v) is 8.02. The van der Waals surface area contributed by atoms with Gasteiger partial charge in [-0.1, -0.05) is 20.1 Å². The highest BCUT2D eigenvalue weighted by molar-refractivity contribution is 5.54. The van der Waals surface area contributed by atoms with Crippen LogP contribution in [0.15, 0.2) is 25.7 Å². The Morgan fingerprint density at radius 1 is 1.43 bits per heavy atom. The predicted molar refractivity (Wildman–Crippen MR) is 46.7 cm³/mol. The summed E-state index contributed by atoms with van der Waals surface area (Å²) >= 11 is 0. The molecule has 5 nitrogen and oxygen atoms in total. The average molecular weight is 201 g/mol. The van der Waals surface area contributed by atoms with Crippen molar-refractivity contribution in [3.63, 3.8) is 0 Å². The van der Waals surface area contributed by atoms with Gasteiger partial charge in [-0.25, -0.2) is 0 Å². The van der Waals surface area contributed by atoms with E-state index in [0.717, 1.165) is 12.5 Å². The largest absolute Gasteiger partial charge is 0.478 e. The molecule has 0 atom stereocenters. The van der Waals surface area contributed by atoms with Gasteiger partial charge in [0, 0.05) is 6.42 Å². The van der Waals surface area contributed by atoms with Crippen LogP contribution in [0.3, 0.4) is 0 Å². The smallest absolute Gasteiger partial charge is 0.353 e. The van der Waals surface area contributed by atoms with Crippen LogP contribution in [0.4, 0.5) is 4.79 Å². The molecule has 5 heteroatoms. The molecule has 0 aromatic heterocycles. The molecule has 0 saturated heterocycles. The molecule has 0 unspecified atom stereocenters. The van der Waals surface area contributed by atoms with Crippen molar-refractivity contribution in [3.05, 3.63) is 25.7 Å². The van der Waals surface area contributed by atoms with Crippen LogP contribution in [0.2, 0.25) is 0 Å². The summed E-state index contributed by atoms with van der Waals surface area (Å²) in [6, 6.07) is 0. The number of hydrogen-bond acceptors (Lipinski definition) is 5. The Morgan fingerprint density at radius 2 is 1.93 bits per heavy atom. The van der Waals surface area contributed by atoms with Crippen molar-refractivity contribution >= 4 is 6.16 Å². The molecule has 0 rings (SSSR count). The van der Waals surface area contributed by atoms with Gasteiger partial charge in [0.25, 0.3) is 6.16 Å². The standard InChI is InChI=1S/C9H14O5/c1-4-7-9(12-5-2,13-6-3)14-8(10)11/h5-6H,2-4,7H2,1H3,(H,10,11)/p-1. The van der Waals surface area contributed by atoms with Crippen LogP contribution in [-0.2, 0) is 14.2 Å². The van der Waals surface area contributed by atoms with E-state index in [-0.39, 0.29) is 6.42 Å². The highest BCUT2D eigenvalue weighted by Gasteiger charge is 2.30. The van der Waals surface area contributed by atoms with Crippen molar-refractivity contribution in [2.75, 3.05) is 0 Å². The van der Waals surface area contributed by atoms with Gasteiger partial charge in [0.1, 0.15) is 0 Å². The van der Waals surface area contributed by atoms with Crippen molar-refractivity contribution in [2.45, 2.75) is 25.7 Å². The monoisotopic (exact) mass is 201 g/mol. The van der Waals surface area contributed by atoms with Gasteiger partial charge >= 0.3 is 5.97 Å². The molecule has 0 heterocycles. The van der Waals surface area contributed by atoms with Crippen molar-refractivity contribution in [1.29, 1.82) is 0 Å². The zero-order chi connectivity index (χ0) is 11.0. The first-order chi connectivity index (χ1) is 6.60. The molecule has 0 bridgehead atoms. The predicted octanol–water partition coefficient (Wildman–Crippen LogP) is 1.12. The summed E-state index contributed by atoms with van der Waals surface area (Å²) in [7, 11) is 0. The first kappa shape index (κ1) is 12.3. The molecule has 0 aliphatic rings. The van der Waals surface area contributed by atoms with Gasteiger partial charge in [0.15, 0.2) is 0 Å². The lowest BCUT2D eigenvalue weighted by molar-refractivity contribution is -0.373. The van der Waals surface area contributed by atoms with E-state index < -0.39 is 12.1 Å². The van der Waals surface area contributed by atoms with Crippen LogP contribution in [0.5, 0.6) is 0 Å². The van der Waals surface area contributed by atoms with Gasteiger partial charge in [-0.3, -0.25) is 0 Å². The topological polar surface area (TPSA) is 67.8 Å². The molecule has 0 N–H and O–H groups in total. The van der Waals surface area contributed by atoms with E-state index in [4.69, 9.17) is 9.47 Å². The van der Waals surface area contributed by atoms with Crippen molar-refractivity contribution in [2.24, 2.45) is 0 Å². The third kappa shape index (κ3) is 3.84. The van der Waals surface area contributed by atoms with E-state index in [1.54, 1.807) is 0 Å². The summed E-state index contributed by atoms with van der Waals surface area (Å²) in [5.41, 5.74) is 0. The summed E-state index contributed by atoms with van der Waals surface area (Å²) in [6.45, 7) is 8.39. The van der Waals surface area contributed by atoms with E-state index >= 15 is 0 Å². The van der Waals surface area contributed by atoms with Gasteiger partial charge in [-0.05, 0) is 6.42 Å². The fraction of sp³-hybridized carbons (Fsp3) is 0.444. The van der Waals surface area contributed by atoms with Crippen molar-refractivity contribution < 1.29 is 24.1 Å². The average Bonchev–Trinajstić information content (AvgIpc) is 2.03. The quantitative estimate of drug-likeness (QED) is 0.351. The van der Waals surface area contributed by atoms with E-state index in [9.17, 15) is 9.90 Å². The van der Waals surface area contributed by atoms with E-state index in [1.165, 1.54) is 0 Å². The summed E-state index contributed by atoms with van der Waals surface area (Å²) in [6.07, 6.45) is 1.13. The molecule has 80 valence electrons. The maximum absolute atomic E-state index is 10.3. The van der Waals surface area contributed by atoms with Gasteiger partial charge in [0.05, 0.1) is 12.5 Å². The molecule has 0 saturated carbocycles. The third-order valence-electron chi connectivity index (χ3n) is 1.32. The van der Waals surface area contributed by atoms with Crippen LogP contribution in [0, 0.1) is 0 Å². The fourth-order valence-electron chi connectivity index (χ4n) is 0.932. The summed E-state index contributed by atoms with van der Waals surface area (Å²) in [4.78, 5) is 10.3. The summed E-state index contributed by atoms with van der Waals surface area (Å²) in [5.74, 6) is -1.73. The normalized spacial score (nSPS) is 10.1. The molecule has 0 radical (unpaired) electrons. The van der Waals surface area contributed by atoms with Crippen LogP contribution < -0.4 is 5.11 Å². The fourth-order valence-corrected chi connectivity index (χ4v) is 0.932. The Kier molecular flexibility index (Phi) is 5.21. The maximum Gasteiger partial charge on any atom is 0.353 e. The summed E-state index contributed by atoms with van der Waals surface area (Å²) in [5, 5.41) is 10.3. The molecule has 14 heavy (non-hydrogen) atoms. The lowest BCUT2D eigenvalue weighted by Gasteiger charge is -2.34. The Hall–Kier alpha value is -1.65. The number of hydrogen-bond donors (Lipinski definition) is 0. The van der Waals surface area contributed by atoms with Crippen molar-refractivity contribution in [3.8, 4) is 0 Å². The Bertz CT molecular complexity index is 201. The Labute approximate surface area is 82.6 Å². The lowest BCUT2D eigenvalue weighted by atomic mass is 10.3. The second-order valence-electron chi connectivity index (χ2n) is 2.35. The van der Waals surface area contributed by atoms with Crippen LogP contribution >= 0.6 is 0 Å². The Balaban J connectivity index is 4.60. The maximum atomic E-state index is 10.3. The zero-order valence-electron chi connectivity index (χ0n) is 8.02. The van der Waals surface area contributed by atoms with Gasteiger partial charge in [0.2, 0.25) is 0 Å². The van der Waals surface area contributed by atoms with Crippen LogP contribution in [-0.4, -0.2) is 12.1 Å². The SMILES string of the molecule is C=COC(CCC)(OC=C)OC(=O)[O-]. The minimum Gasteiger partial charge on any atom is -0.478 e. The molecule has 0 aliphatic carbocycles. The van der Waals surface area contributed by atoms with Gasteiger partial charge in [-0.2, -0.15) is 0 Å².